The molecule has 0 aliphatic heterocycles. The van der Waals surface area contributed by atoms with Crippen molar-refractivity contribution in [1.29, 1.82) is 0 Å². The molecule has 21 heavy (non-hydrogen) atoms. The van der Waals surface area contributed by atoms with Gasteiger partial charge in [0.25, 0.3) is 0 Å². The number of aromatic nitrogens is 1. The molecule has 1 N–H and O–H groups in total. The second kappa shape index (κ2) is 6.72. The summed E-state index contributed by atoms with van der Waals surface area (Å²) in [6.45, 7) is 9.33. The predicted molar refractivity (Wildman–Crippen MR) is 87.0 cm³/mol. The molecule has 2 aromatic rings. The molecule has 0 bridgehead atoms. The molecular weight excluding hydrogens is 260 g/mol. The van der Waals surface area contributed by atoms with Crippen LogP contribution in [0.4, 0.5) is 0 Å². The van der Waals surface area contributed by atoms with Gasteiger partial charge in [0.2, 0.25) is 0 Å². The largest absolute Gasteiger partial charge is 0.496 e. The van der Waals surface area contributed by atoms with E-state index in [1.165, 1.54) is 27.8 Å². The van der Waals surface area contributed by atoms with Crippen molar-refractivity contribution in [3.63, 3.8) is 0 Å². The predicted octanol–water partition coefficient (Wildman–Crippen LogP) is 3.71. The van der Waals surface area contributed by atoms with Crippen molar-refractivity contribution in [1.82, 2.24) is 10.3 Å². The van der Waals surface area contributed by atoms with E-state index in [2.05, 4.69) is 56.2 Å². The molecule has 0 amide bonds. The van der Waals surface area contributed by atoms with Crippen LogP contribution in [0.1, 0.15) is 40.8 Å². The van der Waals surface area contributed by atoms with E-state index in [1.807, 2.05) is 12.4 Å². The first-order chi connectivity index (χ1) is 10.1. The van der Waals surface area contributed by atoms with E-state index in [0.29, 0.717) is 0 Å². The van der Waals surface area contributed by atoms with Crippen LogP contribution in [0, 0.1) is 20.8 Å². The topological polar surface area (TPSA) is 34.2 Å². The lowest BCUT2D eigenvalue weighted by atomic mass is 9.92. The van der Waals surface area contributed by atoms with E-state index < -0.39 is 0 Å². The van der Waals surface area contributed by atoms with E-state index in [1.54, 1.807) is 7.11 Å². The number of nitrogens with one attached hydrogen (secondary N) is 1. The summed E-state index contributed by atoms with van der Waals surface area (Å²) in [5.41, 5.74) is 6.05. The zero-order valence-electron chi connectivity index (χ0n) is 13.5. The number of rotatable bonds is 5. The standard InChI is InChI=1S/C18H24N2O/c1-6-20-17(15-9-10-19-11-13(15)3)16-8-7-12(2)14(4)18(16)21-5/h7-11,17,20H,6H2,1-5H3. The van der Waals surface area contributed by atoms with Gasteiger partial charge in [-0.15, -0.1) is 0 Å². The highest BCUT2D eigenvalue weighted by molar-refractivity contribution is 5.50. The Labute approximate surface area is 127 Å². The highest BCUT2D eigenvalue weighted by Crippen LogP contribution is 2.34. The summed E-state index contributed by atoms with van der Waals surface area (Å²) in [6.07, 6.45) is 3.76. The molecule has 1 unspecified atom stereocenters. The van der Waals surface area contributed by atoms with Crippen LogP contribution in [0.2, 0.25) is 0 Å². The molecule has 0 spiro atoms. The zero-order valence-corrected chi connectivity index (χ0v) is 13.5. The minimum atomic E-state index is 0.118. The third kappa shape index (κ3) is 3.08. The van der Waals surface area contributed by atoms with Gasteiger partial charge < -0.3 is 10.1 Å². The van der Waals surface area contributed by atoms with Gasteiger partial charge in [-0.3, -0.25) is 4.98 Å². The number of pyridine rings is 1. The average Bonchev–Trinajstić information content (AvgIpc) is 2.48. The van der Waals surface area contributed by atoms with Gasteiger partial charge in [-0.2, -0.15) is 0 Å². The number of hydrogen-bond acceptors (Lipinski definition) is 3. The Morgan fingerprint density at radius 2 is 1.86 bits per heavy atom. The third-order valence-corrected chi connectivity index (χ3v) is 4.01. The Morgan fingerprint density at radius 3 is 2.48 bits per heavy atom. The maximum absolute atomic E-state index is 5.69. The summed E-state index contributed by atoms with van der Waals surface area (Å²) in [4.78, 5) is 4.20. The molecule has 1 atom stereocenters. The van der Waals surface area contributed by atoms with Gasteiger partial charge in [-0.1, -0.05) is 19.1 Å². The van der Waals surface area contributed by atoms with Gasteiger partial charge in [0.15, 0.2) is 0 Å². The number of benzene rings is 1. The number of nitrogens with zero attached hydrogens (tertiary/aromatic N) is 1. The van der Waals surface area contributed by atoms with Crippen molar-refractivity contribution in [3.05, 3.63) is 58.4 Å². The van der Waals surface area contributed by atoms with Crippen molar-refractivity contribution in [2.75, 3.05) is 13.7 Å². The van der Waals surface area contributed by atoms with Crippen molar-refractivity contribution < 1.29 is 4.74 Å². The quantitative estimate of drug-likeness (QED) is 0.908. The Kier molecular flexibility index (Phi) is 4.97. The first kappa shape index (κ1) is 15.5. The van der Waals surface area contributed by atoms with E-state index in [0.717, 1.165) is 12.3 Å². The minimum absolute atomic E-state index is 0.118. The summed E-state index contributed by atoms with van der Waals surface area (Å²) >= 11 is 0. The lowest BCUT2D eigenvalue weighted by Crippen LogP contribution is -2.23. The minimum Gasteiger partial charge on any atom is -0.496 e. The van der Waals surface area contributed by atoms with Crippen LogP contribution in [0.3, 0.4) is 0 Å². The summed E-state index contributed by atoms with van der Waals surface area (Å²) in [5, 5.41) is 3.57. The lowest BCUT2D eigenvalue weighted by Gasteiger charge is -2.24. The second-order valence-electron chi connectivity index (χ2n) is 5.35. The zero-order chi connectivity index (χ0) is 15.4. The molecule has 0 radical (unpaired) electrons. The normalized spacial score (nSPS) is 12.2. The van der Waals surface area contributed by atoms with Crippen LogP contribution in [0.25, 0.3) is 0 Å². The van der Waals surface area contributed by atoms with Crippen LogP contribution in [0.15, 0.2) is 30.6 Å². The Hall–Kier alpha value is -1.87. The van der Waals surface area contributed by atoms with Crippen LogP contribution in [-0.2, 0) is 0 Å². The third-order valence-electron chi connectivity index (χ3n) is 4.01. The van der Waals surface area contributed by atoms with Crippen LogP contribution >= 0.6 is 0 Å². The lowest BCUT2D eigenvalue weighted by molar-refractivity contribution is 0.400. The molecule has 3 heteroatoms. The highest BCUT2D eigenvalue weighted by Gasteiger charge is 2.20. The summed E-state index contributed by atoms with van der Waals surface area (Å²) in [5.74, 6) is 0.970. The van der Waals surface area contributed by atoms with Gasteiger partial charge >= 0.3 is 0 Å². The van der Waals surface area contributed by atoms with Crippen LogP contribution < -0.4 is 10.1 Å². The van der Waals surface area contributed by atoms with Gasteiger partial charge in [0, 0.05) is 18.0 Å². The van der Waals surface area contributed by atoms with Gasteiger partial charge in [0.05, 0.1) is 13.2 Å². The molecule has 1 heterocycles. The molecule has 1 aromatic carbocycles. The molecule has 112 valence electrons. The van der Waals surface area contributed by atoms with E-state index in [-0.39, 0.29) is 6.04 Å². The highest BCUT2D eigenvalue weighted by atomic mass is 16.5. The fourth-order valence-corrected chi connectivity index (χ4v) is 2.71. The molecule has 0 aliphatic carbocycles. The summed E-state index contributed by atoms with van der Waals surface area (Å²) in [7, 11) is 1.74. The molecule has 0 fully saturated rings. The van der Waals surface area contributed by atoms with Gasteiger partial charge in [-0.05, 0) is 55.6 Å². The number of hydrogen-bond donors (Lipinski definition) is 1. The van der Waals surface area contributed by atoms with Crippen molar-refractivity contribution in [3.8, 4) is 5.75 Å². The van der Waals surface area contributed by atoms with Crippen LogP contribution in [-0.4, -0.2) is 18.6 Å². The van der Waals surface area contributed by atoms with Crippen molar-refractivity contribution in [2.45, 2.75) is 33.7 Å². The van der Waals surface area contributed by atoms with E-state index >= 15 is 0 Å². The second-order valence-corrected chi connectivity index (χ2v) is 5.35. The maximum Gasteiger partial charge on any atom is 0.127 e. The molecule has 1 aromatic heterocycles. The molecular formula is C18H24N2O. The number of ether oxygens (including phenoxy) is 1. The summed E-state index contributed by atoms with van der Waals surface area (Å²) < 4.78 is 5.69. The molecule has 0 saturated heterocycles. The Balaban J connectivity index is 2.59. The smallest absolute Gasteiger partial charge is 0.127 e. The van der Waals surface area contributed by atoms with Crippen molar-refractivity contribution >= 4 is 0 Å². The first-order valence-electron chi connectivity index (χ1n) is 7.38. The van der Waals surface area contributed by atoms with Crippen LogP contribution in [0.5, 0.6) is 5.75 Å². The monoisotopic (exact) mass is 284 g/mol. The number of aryl methyl sites for hydroxylation is 2. The van der Waals surface area contributed by atoms with E-state index in [4.69, 9.17) is 4.74 Å². The fourth-order valence-electron chi connectivity index (χ4n) is 2.71. The first-order valence-corrected chi connectivity index (χ1v) is 7.38. The summed E-state index contributed by atoms with van der Waals surface area (Å²) in [6, 6.07) is 6.52. The fraction of sp³-hybridized carbons (Fsp3) is 0.389. The average molecular weight is 284 g/mol. The Bertz CT molecular complexity index is 623. The van der Waals surface area contributed by atoms with E-state index in [9.17, 15) is 0 Å². The SMILES string of the molecule is CCNC(c1ccncc1C)c1ccc(C)c(C)c1OC. The maximum atomic E-state index is 5.69. The Morgan fingerprint density at radius 1 is 1.10 bits per heavy atom. The van der Waals surface area contributed by atoms with Gasteiger partial charge in [-0.25, -0.2) is 0 Å². The number of methoxy groups -OCH3 is 1. The van der Waals surface area contributed by atoms with Gasteiger partial charge in [0.1, 0.15) is 5.75 Å². The molecule has 0 aliphatic rings. The van der Waals surface area contributed by atoms with Crippen molar-refractivity contribution in [2.24, 2.45) is 0 Å². The molecule has 0 saturated carbocycles. The molecule has 2 rings (SSSR count). The molecule has 3 nitrogen and oxygen atoms in total.